The number of carbonyl (C=O) groups is 1. The zero-order valence-electron chi connectivity index (χ0n) is 10.8. The van der Waals surface area contributed by atoms with E-state index in [1.807, 2.05) is 0 Å². The second-order valence-electron chi connectivity index (χ2n) is 4.44. The number of nitrogens with one attached hydrogen (secondary N) is 2. The molecule has 2 heterocycles. The molecular formula is C11H15ClF2N2O3S2. The standard InChI is InChI=1S/C11H14F2N2O3S2.ClH/c12-11(13)20(17,18)8-3-5-19-9(8)10(16)15-7-2-1-4-14-6-7;/h3,5,7,11,14H,1-2,4,6H2,(H,15,16);1H/t7-;/m0./s1. The van der Waals surface area contributed by atoms with Gasteiger partial charge in [-0.25, -0.2) is 8.42 Å². The van der Waals surface area contributed by atoms with Crippen molar-refractivity contribution in [2.45, 2.75) is 29.5 Å². The molecule has 0 spiro atoms. The molecule has 0 radical (unpaired) electrons. The molecule has 10 heteroatoms. The minimum absolute atomic E-state index is 0. The first kappa shape index (κ1) is 18.3. The van der Waals surface area contributed by atoms with Gasteiger partial charge in [0, 0.05) is 12.6 Å². The number of thiophene rings is 1. The van der Waals surface area contributed by atoms with Crippen LogP contribution >= 0.6 is 23.7 Å². The molecule has 1 aliphatic heterocycles. The molecular weight excluding hydrogens is 346 g/mol. The third kappa shape index (κ3) is 4.12. The summed E-state index contributed by atoms with van der Waals surface area (Å²) in [4.78, 5) is 11.2. The Morgan fingerprint density at radius 1 is 1.48 bits per heavy atom. The van der Waals surface area contributed by atoms with Crippen LogP contribution in [0.1, 0.15) is 22.5 Å². The van der Waals surface area contributed by atoms with Gasteiger partial charge in [0.15, 0.2) is 0 Å². The molecule has 1 aliphatic rings. The van der Waals surface area contributed by atoms with Gasteiger partial charge in [-0.05, 0) is 30.8 Å². The molecule has 1 saturated heterocycles. The summed E-state index contributed by atoms with van der Waals surface area (Å²) in [6.45, 7) is 1.46. The number of carbonyl (C=O) groups excluding carboxylic acids is 1. The molecule has 0 unspecified atom stereocenters. The van der Waals surface area contributed by atoms with Gasteiger partial charge in [0.1, 0.15) is 4.88 Å². The second kappa shape index (κ2) is 7.48. The Balaban J connectivity index is 0.00000220. The van der Waals surface area contributed by atoms with Crippen molar-refractivity contribution in [1.29, 1.82) is 0 Å². The van der Waals surface area contributed by atoms with E-state index in [4.69, 9.17) is 0 Å². The number of rotatable bonds is 4. The Hall–Kier alpha value is -0.770. The fraction of sp³-hybridized carbons (Fsp3) is 0.545. The van der Waals surface area contributed by atoms with Crippen molar-refractivity contribution in [3.8, 4) is 0 Å². The molecule has 0 aliphatic carbocycles. The molecule has 2 rings (SSSR count). The molecule has 5 nitrogen and oxygen atoms in total. The first-order chi connectivity index (χ1) is 9.43. The highest BCUT2D eigenvalue weighted by molar-refractivity contribution is 7.92. The molecule has 2 N–H and O–H groups in total. The summed E-state index contributed by atoms with van der Waals surface area (Å²) < 4.78 is 48.1. The van der Waals surface area contributed by atoms with Gasteiger partial charge < -0.3 is 10.6 Å². The SMILES string of the molecule is Cl.O=C(N[C@H]1CCCNC1)c1sccc1S(=O)(=O)C(F)F. The van der Waals surface area contributed by atoms with Crippen LogP contribution < -0.4 is 10.6 Å². The van der Waals surface area contributed by atoms with Crippen molar-refractivity contribution in [2.24, 2.45) is 0 Å². The van der Waals surface area contributed by atoms with E-state index in [1.54, 1.807) is 0 Å². The van der Waals surface area contributed by atoms with Gasteiger partial charge in [-0.1, -0.05) is 0 Å². The Kier molecular flexibility index (Phi) is 6.51. The largest absolute Gasteiger partial charge is 0.347 e. The van der Waals surface area contributed by atoms with E-state index < -0.39 is 26.4 Å². The zero-order chi connectivity index (χ0) is 14.8. The van der Waals surface area contributed by atoms with Gasteiger partial charge >= 0.3 is 5.76 Å². The monoisotopic (exact) mass is 360 g/mol. The Morgan fingerprint density at radius 3 is 2.76 bits per heavy atom. The maximum absolute atomic E-state index is 12.6. The predicted molar refractivity (Wildman–Crippen MR) is 78.1 cm³/mol. The lowest BCUT2D eigenvalue weighted by Gasteiger charge is -2.23. The summed E-state index contributed by atoms with van der Waals surface area (Å²) in [5.74, 6) is -4.15. The van der Waals surface area contributed by atoms with Gasteiger partial charge in [0.05, 0.1) is 4.90 Å². The van der Waals surface area contributed by atoms with E-state index in [2.05, 4.69) is 10.6 Å². The first-order valence-electron chi connectivity index (χ1n) is 6.04. The van der Waals surface area contributed by atoms with Crippen LogP contribution in [-0.4, -0.2) is 39.2 Å². The average molecular weight is 361 g/mol. The fourth-order valence-electron chi connectivity index (χ4n) is 2.01. The van der Waals surface area contributed by atoms with Crippen LogP contribution in [0, 0.1) is 0 Å². The first-order valence-corrected chi connectivity index (χ1v) is 8.46. The van der Waals surface area contributed by atoms with Gasteiger partial charge in [0.25, 0.3) is 5.91 Å². The highest BCUT2D eigenvalue weighted by Crippen LogP contribution is 2.26. The summed E-state index contributed by atoms with van der Waals surface area (Å²) in [6.07, 6.45) is 1.68. The number of amides is 1. The summed E-state index contributed by atoms with van der Waals surface area (Å²) in [6, 6.07) is 0.931. The van der Waals surface area contributed by atoms with Gasteiger partial charge in [-0.15, -0.1) is 23.7 Å². The Bertz CT molecular complexity index is 586. The number of alkyl halides is 2. The molecule has 1 atom stereocenters. The van der Waals surface area contributed by atoms with E-state index >= 15 is 0 Å². The van der Waals surface area contributed by atoms with Crippen LogP contribution in [-0.2, 0) is 9.84 Å². The van der Waals surface area contributed by atoms with Gasteiger partial charge in [-0.3, -0.25) is 4.79 Å². The third-order valence-corrected chi connectivity index (χ3v) is 5.47. The highest BCUT2D eigenvalue weighted by atomic mass is 35.5. The van der Waals surface area contributed by atoms with E-state index in [-0.39, 0.29) is 23.3 Å². The third-order valence-electron chi connectivity index (χ3n) is 3.01. The van der Waals surface area contributed by atoms with Crippen molar-refractivity contribution in [2.75, 3.05) is 13.1 Å². The quantitative estimate of drug-likeness (QED) is 0.856. The van der Waals surface area contributed by atoms with Crippen LogP contribution in [0.4, 0.5) is 8.78 Å². The predicted octanol–water partition coefficient (Wildman–Crippen LogP) is 1.65. The van der Waals surface area contributed by atoms with Crippen LogP contribution in [0.15, 0.2) is 16.3 Å². The molecule has 1 aromatic heterocycles. The summed E-state index contributed by atoms with van der Waals surface area (Å²) in [5, 5.41) is 7.09. The molecule has 1 amide bonds. The van der Waals surface area contributed by atoms with Crippen LogP contribution in [0.2, 0.25) is 0 Å². The van der Waals surface area contributed by atoms with Crippen LogP contribution in [0.3, 0.4) is 0 Å². The summed E-state index contributed by atoms with van der Waals surface area (Å²) >= 11 is 0.846. The van der Waals surface area contributed by atoms with Crippen molar-refractivity contribution in [3.05, 3.63) is 16.3 Å². The number of hydrogen-bond acceptors (Lipinski definition) is 5. The van der Waals surface area contributed by atoms with Gasteiger partial charge in [0.2, 0.25) is 9.84 Å². The lowest BCUT2D eigenvalue weighted by Crippen LogP contribution is -2.45. The van der Waals surface area contributed by atoms with E-state index in [0.717, 1.165) is 36.8 Å². The Morgan fingerprint density at radius 2 is 2.19 bits per heavy atom. The number of halogens is 3. The highest BCUT2D eigenvalue weighted by Gasteiger charge is 2.32. The number of sulfone groups is 1. The maximum Gasteiger partial charge on any atom is 0.341 e. The molecule has 120 valence electrons. The molecule has 1 aromatic rings. The second-order valence-corrected chi connectivity index (χ2v) is 7.24. The van der Waals surface area contributed by atoms with E-state index in [1.165, 1.54) is 5.38 Å². The fourth-order valence-corrected chi connectivity index (χ4v) is 4.08. The van der Waals surface area contributed by atoms with Gasteiger partial charge in [-0.2, -0.15) is 8.78 Å². The molecule has 0 aromatic carbocycles. The molecule has 0 bridgehead atoms. The van der Waals surface area contributed by atoms with Crippen molar-refractivity contribution >= 4 is 39.5 Å². The lowest BCUT2D eigenvalue weighted by molar-refractivity contribution is 0.0931. The van der Waals surface area contributed by atoms with E-state index in [9.17, 15) is 22.0 Å². The molecule has 21 heavy (non-hydrogen) atoms. The summed E-state index contributed by atoms with van der Waals surface area (Å²) in [7, 11) is -4.75. The minimum Gasteiger partial charge on any atom is -0.347 e. The average Bonchev–Trinajstić information content (AvgIpc) is 2.89. The number of piperidine rings is 1. The summed E-state index contributed by atoms with van der Waals surface area (Å²) in [5.41, 5.74) is 0. The molecule has 1 fully saturated rings. The van der Waals surface area contributed by atoms with Crippen molar-refractivity contribution in [3.63, 3.8) is 0 Å². The topological polar surface area (TPSA) is 75.3 Å². The maximum atomic E-state index is 12.6. The normalized spacial score (nSPS) is 19.1. The molecule has 0 saturated carbocycles. The van der Waals surface area contributed by atoms with Crippen LogP contribution in [0.25, 0.3) is 0 Å². The zero-order valence-corrected chi connectivity index (χ0v) is 13.3. The van der Waals surface area contributed by atoms with Crippen molar-refractivity contribution < 1.29 is 22.0 Å². The Labute approximate surface area is 131 Å². The lowest BCUT2D eigenvalue weighted by atomic mass is 10.1. The smallest absolute Gasteiger partial charge is 0.341 e. The van der Waals surface area contributed by atoms with E-state index in [0.29, 0.717) is 6.54 Å². The van der Waals surface area contributed by atoms with Crippen molar-refractivity contribution in [1.82, 2.24) is 10.6 Å². The van der Waals surface area contributed by atoms with Crippen LogP contribution in [0.5, 0.6) is 0 Å². The minimum atomic E-state index is -4.75. The number of hydrogen-bond donors (Lipinski definition) is 2.